The van der Waals surface area contributed by atoms with Crippen LogP contribution in [-0.4, -0.2) is 28.0 Å². The maximum Gasteiger partial charge on any atom is 0.328 e. The van der Waals surface area contributed by atoms with Crippen molar-refractivity contribution in [1.82, 2.24) is 14.9 Å². The number of aromatic amines is 1. The van der Waals surface area contributed by atoms with E-state index in [2.05, 4.69) is 17.2 Å². The lowest BCUT2D eigenvalue weighted by molar-refractivity contribution is -0.122. The second-order valence-corrected chi connectivity index (χ2v) is 5.82. The highest BCUT2D eigenvalue weighted by atomic mass is 35.5. The fourth-order valence-electron chi connectivity index (χ4n) is 2.68. The molecule has 0 aliphatic heterocycles. The Morgan fingerprint density at radius 1 is 1.32 bits per heavy atom. The lowest BCUT2D eigenvalue weighted by atomic mass is 10.1. The number of unbranched alkanes of at least 4 members (excludes halogenated alkanes) is 1. The van der Waals surface area contributed by atoms with Gasteiger partial charge < -0.3 is 11.1 Å². The van der Waals surface area contributed by atoms with E-state index in [0.29, 0.717) is 17.4 Å². The zero-order valence-corrected chi connectivity index (χ0v) is 15.1. The molecule has 0 radical (unpaired) electrons. The van der Waals surface area contributed by atoms with Gasteiger partial charge in [0, 0.05) is 25.6 Å². The van der Waals surface area contributed by atoms with Crippen LogP contribution in [0.4, 0.5) is 0 Å². The lowest BCUT2D eigenvalue weighted by Gasteiger charge is -2.17. The van der Waals surface area contributed by atoms with E-state index in [1.54, 1.807) is 24.3 Å². The van der Waals surface area contributed by atoms with Crippen molar-refractivity contribution >= 4 is 29.2 Å². The monoisotopic (exact) mass is 368 g/mol. The van der Waals surface area contributed by atoms with Gasteiger partial charge in [0.05, 0.1) is 10.9 Å². The highest BCUT2D eigenvalue weighted by molar-refractivity contribution is 5.85. The maximum atomic E-state index is 12.1. The van der Waals surface area contributed by atoms with Crippen molar-refractivity contribution in [1.29, 1.82) is 0 Å². The molecule has 0 aliphatic carbocycles. The van der Waals surface area contributed by atoms with E-state index < -0.39 is 11.2 Å². The van der Waals surface area contributed by atoms with Gasteiger partial charge in [0.25, 0.3) is 5.56 Å². The number of nitrogens with two attached hydrogens (primary N) is 1. The molecule has 1 amide bonds. The highest BCUT2D eigenvalue weighted by Gasteiger charge is 2.12. The van der Waals surface area contributed by atoms with Crippen molar-refractivity contribution in [3.05, 3.63) is 45.1 Å². The van der Waals surface area contributed by atoms with E-state index in [1.165, 1.54) is 4.57 Å². The molecule has 4 N–H and O–H groups in total. The van der Waals surface area contributed by atoms with Crippen LogP contribution < -0.4 is 22.3 Å². The molecule has 7 nitrogen and oxygen atoms in total. The minimum atomic E-state index is -0.507. The predicted octanol–water partition coefficient (Wildman–Crippen LogP) is 1.14. The number of amides is 1. The summed E-state index contributed by atoms with van der Waals surface area (Å²) in [4.78, 5) is 38.2. The number of halogens is 1. The van der Waals surface area contributed by atoms with E-state index in [1.807, 2.05) is 0 Å². The van der Waals surface area contributed by atoms with Crippen LogP contribution in [0.15, 0.2) is 33.9 Å². The molecule has 0 saturated carbocycles. The van der Waals surface area contributed by atoms with Crippen molar-refractivity contribution in [3.63, 3.8) is 0 Å². The van der Waals surface area contributed by atoms with Gasteiger partial charge in [-0.2, -0.15) is 0 Å². The summed E-state index contributed by atoms with van der Waals surface area (Å²) in [7, 11) is 0. The summed E-state index contributed by atoms with van der Waals surface area (Å²) in [6.45, 7) is 2.68. The van der Waals surface area contributed by atoms with Crippen molar-refractivity contribution in [2.24, 2.45) is 5.73 Å². The fraction of sp³-hybridized carbons (Fsp3) is 0.471. The third-order valence-corrected chi connectivity index (χ3v) is 4.02. The van der Waals surface area contributed by atoms with E-state index in [4.69, 9.17) is 5.73 Å². The molecule has 1 unspecified atom stereocenters. The van der Waals surface area contributed by atoms with Gasteiger partial charge in [-0.25, -0.2) is 4.79 Å². The first-order chi connectivity index (χ1) is 11.6. The molecule has 138 valence electrons. The van der Waals surface area contributed by atoms with Crippen LogP contribution in [0.5, 0.6) is 0 Å². The van der Waals surface area contributed by atoms with Gasteiger partial charge in [-0.3, -0.25) is 19.1 Å². The Kier molecular flexibility index (Phi) is 8.37. The molecular formula is C17H25ClN4O3. The van der Waals surface area contributed by atoms with Crippen molar-refractivity contribution in [3.8, 4) is 0 Å². The molecule has 1 atom stereocenters. The largest absolute Gasteiger partial charge is 0.352 e. The first-order valence-corrected chi connectivity index (χ1v) is 8.28. The third kappa shape index (κ3) is 5.44. The molecule has 2 aromatic rings. The molecule has 0 aliphatic rings. The second-order valence-electron chi connectivity index (χ2n) is 5.82. The highest BCUT2D eigenvalue weighted by Crippen LogP contribution is 2.07. The molecule has 0 fully saturated rings. The Balaban J connectivity index is 0.00000312. The zero-order valence-electron chi connectivity index (χ0n) is 14.3. The van der Waals surface area contributed by atoms with Gasteiger partial charge in [-0.15, -0.1) is 12.4 Å². The summed E-state index contributed by atoms with van der Waals surface area (Å²) >= 11 is 0. The molecule has 2 rings (SSSR count). The first-order valence-electron chi connectivity index (χ1n) is 8.28. The second kappa shape index (κ2) is 10.0. The summed E-state index contributed by atoms with van der Waals surface area (Å²) in [5.74, 6) is -0.149. The van der Waals surface area contributed by atoms with Crippen LogP contribution >= 0.6 is 12.4 Å². The van der Waals surface area contributed by atoms with Crippen molar-refractivity contribution in [2.45, 2.75) is 45.2 Å². The minimum absolute atomic E-state index is 0. The summed E-state index contributed by atoms with van der Waals surface area (Å²) < 4.78 is 1.42. The normalized spacial score (nSPS) is 11.8. The average molecular weight is 369 g/mol. The SMILES string of the molecule is CCCCC(CN)NC(=O)CCn1c(=O)[nH]c(=O)c2ccccc21.Cl. The number of benzene rings is 1. The lowest BCUT2D eigenvalue weighted by Crippen LogP contribution is -2.41. The van der Waals surface area contributed by atoms with Crippen molar-refractivity contribution < 1.29 is 4.79 Å². The Bertz CT molecular complexity index is 815. The summed E-state index contributed by atoms with van der Waals surface area (Å²) in [6, 6.07) is 6.81. The summed E-state index contributed by atoms with van der Waals surface area (Å²) in [5.41, 5.74) is 5.28. The Labute approximate surface area is 152 Å². The molecule has 0 bridgehead atoms. The predicted molar refractivity (Wildman–Crippen MR) is 101 cm³/mol. The van der Waals surface area contributed by atoms with Gasteiger partial charge in [0.2, 0.25) is 5.91 Å². The van der Waals surface area contributed by atoms with Crippen LogP contribution in [0.25, 0.3) is 10.9 Å². The molecule has 8 heteroatoms. The number of hydrogen-bond acceptors (Lipinski definition) is 4. The van der Waals surface area contributed by atoms with Crippen LogP contribution in [0.1, 0.15) is 32.6 Å². The van der Waals surface area contributed by atoms with Gasteiger partial charge >= 0.3 is 5.69 Å². The van der Waals surface area contributed by atoms with E-state index >= 15 is 0 Å². The number of aromatic nitrogens is 2. The van der Waals surface area contributed by atoms with Crippen LogP contribution in [0.2, 0.25) is 0 Å². The zero-order chi connectivity index (χ0) is 17.5. The molecule has 1 aromatic carbocycles. The first kappa shape index (κ1) is 20.9. The number of para-hydroxylation sites is 1. The Morgan fingerprint density at radius 3 is 2.72 bits per heavy atom. The topological polar surface area (TPSA) is 110 Å². The number of carbonyl (C=O) groups excluding carboxylic acids is 1. The number of carbonyl (C=O) groups is 1. The fourth-order valence-corrected chi connectivity index (χ4v) is 2.68. The number of fused-ring (bicyclic) bond motifs is 1. The molecule has 0 spiro atoms. The number of hydrogen-bond donors (Lipinski definition) is 3. The summed E-state index contributed by atoms with van der Waals surface area (Å²) in [6.07, 6.45) is 3.05. The molecule has 25 heavy (non-hydrogen) atoms. The smallest absolute Gasteiger partial charge is 0.328 e. The number of rotatable bonds is 8. The number of nitrogens with one attached hydrogen (secondary N) is 2. The number of nitrogens with zero attached hydrogens (tertiary/aromatic N) is 1. The quantitative estimate of drug-likeness (QED) is 0.648. The van der Waals surface area contributed by atoms with Crippen LogP contribution in [0, 0.1) is 0 Å². The van der Waals surface area contributed by atoms with Gasteiger partial charge in [-0.1, -0.05) is 31.9 Å². The van der Waals surface area contributed by atoms with Gasteiger partial charge in [-0.05, 0) is 18.6 Å². The van der Waals surface area contributed by atoms with E-state index in [9.17, 15) is 14.4 Å². The number of aryl methyl sites for hydroxylation is 1. The van der Waals surface area contributed by atoms with E-state index in [-0.39, 0.29) is 37.3 Å². The van der Waals surface area contributed by atoms with Crippen molar-refractivity contribution in [2.75, 3.05) is 6.54 Å². The molecule has 1 aromatic heterocycles. The average Bonchev–Trinajstić information content (AvgIpc) is 2.58. The Hall–Kier alpha value is -2.12. The maximum absolute atomic E-state index is 12.1. The van der Waals surface area contributed by atoms with Crippen LogP contribution in [-0.2, 0) is 11.3 Å². The molecule has 1 heterocycles. The van der Waals surface area contributed by atoms with Gasteiger partial charge in [0.1, 0.15) is 0 Å². The third-order valence-electron chi connectivity index (χ3n) is 4.02. The Morgan fingerprint density at radius 2 is 2.04 bits per heavy atom. The molecule has 0 saturated heterocycles. The van der Waals surface area contributed by atoms with Gasteiger partial charge in [0.15, 0.2) is 0 Å². The molecular weight excluding hydrogens is 344 g/mol. The number of H-pyrrole nitrogens is 1. The minimum Gasteiger partial charge on any atom is -0.352 e. The standard InChI is InChI=1S/C17H24N4O3.ClH/c1-2-3-6-12(11-18)19-15(22)9-10-21-14-8-5-4-7-13(14)16(23)20-17(21)24;/h4-5,7-8,12H,2-3,6,9-11,18H2,1H3,(H,19,22)(H,20,23,24);1H. The summed E-state index contributed by atoms with van der Waals surface area (Å²) in [5, 5.41) is 3.33. The van der Waals surface area contributed by atoms with Crippen LogP contribution in [0.3, 0.4) is 0 Å². The van der Waals surface area contributed by atoms with E-state index in [0.717, 1.165) is 19.3 Å².